The number of aromatic nitrogens is 3. The highest BCUT2D eigenvalue weighted by Crippen LogP contribution is 2.21. The summed E-state index contributed by atoms with van der Waals surface area (Å²) >= 11 is 3.34. The van der Waals surface area contributed by atoms with Crippen molar-refractivity contribution in [3.8, 4) is 5.69 Å². The Morgan fingerprint density at radius 3 is 2.75 bits per heavy atom. The van der Waals surface area contributed by atoms with Gasteiger partial charge in [-0.05, 0) is 35.0 Å². The smallest absolute Gasteiger partial charge is 0.356 e. The first kappa shape index (κ1) is 10.8. The molecule has 6 heteroatoms. The second kappa shape index (κ2) is 4.05. The molecule has 0 saturated heterocycles. The van der Waals surface area contributed by atoms with Crippen LogP contribution in [-0.2, 0) is 0 Å². The van der Waals surface area contributed by atoms with Crippen LogP contribution in [0.4, 0.5) is 0 Å². The number of hydrogen-bond acceptors (Lipinski definition) is 3. The number of hydrogen-bond donors (Lipinski definition) is 1. The van der Waals surface area contributed by atoms with Crippen molar-refractivity contribution in [1.29, 1.82) is 0 Å². The summed E-state index contributed by atoms with van der Waals surface area (Å²) in [7, 11) is 0. The molecule has 0 unspecified atom stereocenters. The van der Waals surface area contributed by atoms with Gasteiger partial charge in [0.05, 0.1) is 11.4 Å². The lowest BCUT2D eigenvalue weighted by molar-refractivity contribution is 0.0686. The van der Waals surface area contributed by atoms with E-state index >= 15 is 0 Å². The summed E-state index contributed by atoms with van der Waals surface area (Å²) in [5.74, 6) is -1.04. The Labute approximate surface area is 99.8 Å². The van der Waals surface area contributed by atoms with Crippen LogP contribution in [0.1, 0.15) is 16.2 Å². The Morgan fingerprint density at radius 1 is 1.44 bits per heavy atom. The fourth-order valence-electron chi connectivity index (χ4n) is 1.39. The number of carboxylic acids is 1. The molecule has 1 N–H and O–H groups in total. The molecule has 0 bridgehead atoms. The van der Waals surface area contributed by atoms with Gasteiger partial charge in [-0.3, -0.25) is 0 Å². The Bertz CT molecular complexity index is 551. The van der Waals surface area contributed by atoms with E-state index in [1.165, 1.54) is 4.68 Å². The third-order valence-corrected chi connectivity index (χ3v) is 2.79. The number of benzene rings is 1. The molecule has 1 aromatic heterocycles. The zero-order chi connectivity index (χ0) is 11.7. The first-order valence-electron chi connectivity index (χ1n) is 4.51. The van der Waals surface area contributed by atoms with E-state index in [1.54, 1.807) is 13.0 Å². The van der Waals surface area contributed by atoms with Crippen LogP contribution in [0.25, 0.3) is 5.69 Å². The average Bonchev–Trinajstić information content (AvgIpc) is 2.61. The lowest BCUT2D eigenvalue weighted by Gasteiger charge is -2.05. The highest BCUT2D eigenvalue weighted by molar-refractivity contribution is 9.10. The van der Waals surface area contributed by atoms with E-state index in [2.05, 4.69) is 26.2 Å². The summed E-state index contributed by atoms with van der Waals surface area (Å²) in [5.41, 5.74) is 1.12. The molecule has 2 aromatic rings. The number of nitrogens with zero attached hydrogens (tertiary/aromatic N) is 3. The number of para-hydroxylation sites is 1. The molecule has 0 aliphatic carbocycles. The van der Waals surface area contributed by atoms with Gasteiger partial charge in [0.2, 0.25) is 0 Å². The molecule has 2 rings (SSSR count). The Kier molecular flexibility index (Phi) is 2.74. The van der Waals surface area contributed by atoms with E-state index in [-0.39, 0.29) is 5.69 Å². The largest absolute Gasteiger partial charge is 0.476 e. The maximum atomic E-state index is 11.1. The quantitative estimate of drug-likeness (QED) is 0.915. The van der Waals surface area contributed by atoms with E-state index < -0.39 is 5.97 Å². The normalized spacial score (nSPS) is 10.4. The molecule has 82 valence electrons. The average molecular weight is 282 g/mol. The fourth-order valence-corrected chi connectivity index (χ4v) is 1.85. The van der Waals surface area contributed by atoms with E-state index in [4.69, 9.17) is 5.11 Å². The molecule has 1 heterocycles. The third kappa shape index (κ3) is 1.71. The topological polar surface area (TPSA) is 68.0 Å². The molecule has 0 radical (unpaired) electrons. The van der Waals surface area contributed by atoms with Gasteiger partial charge in [0.15, 0.2) is 5.69 Å². The third-order valence-electron chi connectivity index (χ3n) is 2.12. The lowest BCUT2D eigenvalue weighted by atomic mass is 10.3. The second-order valence-electron chi connectivity index (χ2n) is 3.19. The zero-order valence-corrected chi connectivity index (χ0v) is 9.97. The Hall–Kier alpha value is -1.69. The predicted octanol–water partition coefficient (Wildman–Crippen LogP) is 2.04. The van der Waals surface area contributed by atoms with Crippen LogP contribution < -0.4 is 0 Å². The van der Waals surface area contributed by atoms with Crippen molar-refractivity contribution in [2.45, 2.75) is 6.92 Å². The molecule has 0 spiro atoms. The van der Waals surface area contributed by atoms with Gasteiger partial charge in [-0.1, -0.05) is 17.3 Å². The van der Waals surface area contributed by atoms with Gasteiger partial charge < -0.3 is 5.11 Å². The number of carboxylic acid groups (broad SMARTS) is 1. The van der Waals surface area contributed by atoms with Crippen LogP contribution in [0, 0.1) is 6.92 Å². The molecular weight excluding hydrogens is 274 g/mol. The van der Waals surface area contributed by atoms with Gasteiger partial charge in [-0.2, -0.15) is 0 Å². The van der Waals surface area contributed by atoms with Crippen LogP contribution in [0.5, 0.6) is 0 Å². The van der Waals surface area contributed by atoms with E-state index in [0.29, 0.717) is 11.4 Å². The van der Waals surface area contributed by atoms with E-state index in [0.717, 1.165) is 4.47 Å². The van der Waals surface area contributed by atoms with Crippen LogP contribution in [0.3, 0.4) is 0 Å². The Balaban J connectivity index is 2.66. The van der Waals surface area contributed by atoms with Crippen molar-refractivity contribution in [3.63, 3.8) is 0 Å². The summed E-state index contributed by atoms with van der Waals surface area (Å²) in [4.78, 5) is 11.1. The van der Waals surface area contributed by atoms with E-state index in [9.17, 15) is 4.79 Å². The van der Waals surface area contributed by atoms with Gasteiger partial charge in [-0.25, -0.2) is 9.48 Å². The standard InChI is InChI=1S/C10H8BrN3O2/c1-6-9(10(15)16)14(13-12-6)8-5-3-2-4-7(8)11/h2-5H,1H3,(H,15,16). The first-order chi connectivity index (χ1) is 7.61. The second-order valence-corrected chi connectivity index (χ2v) is 4.05. The summed E-state index contributed by atoms with van der Waals surface area (Å²) < 4.78 is 2.07. The monoisotopic (exact) mass is 281 g/mol. The van der Waals surface area contributed by atoms with Crippen molar-refractivity contribution in [2.75, 3.05) is 0 Å². The number of carbonyl (C=O) groups is 1. The minimum absolute atomic E-state index is 0.0758. The number of aryl methyl sites for hydroxylation is 1. The summed E-state index contributed by atoms with van der Waals surface area (Å²) in [6.07, 6.45) is 0. The first-order valence-corrected chi connectivity index (χ1v) is 5.31. The van der Waals surface area contributed by atoms with Crippen molar-refractivity contribution in [1.82, 2.24) is 15.0 Å². The summed E-state index contributed by atoms with van der Waals surface area (Å²) in [5, 5.41) is 16.7. The van der Waals surface area contributed by atoms with E-state index in [1.807, 2.05) is 18.2 Å². The molecule has 0 saturated carbocycles. The van der Waals surface area contributed by atoms with Gasteiger partial charge in [0.1, 0.15) is 0 Å². The molecule has 0 atom stereocenters. The van der Waals surface area contributed by atoms with Gasteiger partial charge >= 0.3 is 5.97 Å². The molecule has 0 aliphatic rings. The molecule has 0 fully saturated rings. The molecular formula is C10H8BrN3O2. The maximum Gasteiger partial charge on any atom is 0.356 e. The van der Waals surface area contributed by atoms with Gasteiger partial charge in [0, 0.05) is 4.47 Å². The van der Waals surface area contributed by atoms with Crippen molar-refractivity contribution in [3.05, 3.63) is 40.1 Å². The zero-order valence-electron chi connectivity index (χ0n) is 8.38. The summed E-state index contributed by atoms with van der Waals surface area (Å²) in [6.45, 7) is 1.61. The SMILES string of the molecule is Cc1nnn(-c2ccccc2Br)c1C(=O)O. The minimum Gasteiger partial charge on any atom is -0.476 e. The number of rotatable bonds is 2. The predicted molar refractivity (Wildman–Crippen MR) is 60.8 cm³/mol. The van der Waals surface area contributed by atoms with Gasteiger partial charge in [0.25, 0.3) is 0 Å². The molecule has 16 heavy (non-hydrogen) atoms. The van der Waals surface area contributed by atoms with Crippen molar-refractivity contribution < 1.29 is 9.90 Å². The highest BCUT2D eigenvalue weighted by Gasteiger charge is 2.18. The molecule has 0 aliphatic heterocycles. The number of aromatic carboxylic acids is 1. The van der Waals surface area contributed by atoms with Crippen molar-refractivity contribution >= 4 is 21.9 Å². The molecule has 1 aromatic carbocycles. The van der Waals surface area contributed by atoms with Gasteiger partial charge in [-0.15, -0.1) is 5.10 Å². The minimum atomic E-state index is -1.04. The van der Waals surface area contributed by atoms with Crippen molar-refractivity contribution in [2.24, 2.45) is 0 Å². The molecule has 5 nitrogen and oxygen atoms in total. The molecule has 0 amide bonds. The fraction of sp³-hybridized carbons (Fsp3) is 0.100. The Morgan fingerprint density at radius 2 is 2.12 bits per heavy atom. The van der Waals surface area contributed by atoms with Crippen LogP contribution in [0.2, 0.25) is 0 Å². The number of halogens is 1. The van der Waals surface area contributed by atoms with Crippen LogP contribution in [0.15, 0.2) is 28.7 Å². The highest BCUT2D eigenvalue weighted by atomic mass is 79.9. The maximum absolute atomic E-state index is 11.1. The summed E-state index contributed by atoms with van der Waals surface area (Å²) in [6, 6.07) is 7.24. The van der Waals surface area contributed by atoms with Crippen LogP contribution in [-0.4, -0.2) is 26.1 Å². The lowest BCUT2D eigenvalue weighted by Crippen LogP contribution is -2.09. The van der Waals surface area contributed by atoms with Crippen LogP contribution >= 0.6 is 15.9 Å².